The Kier molecular flexibility index (Phi) is 8.74. The van der Waals surface area contributed by atoms with Gasteiger partial charge in [-0.2, -0.15) is 0 Å². The molecule has 3 aliphatic rings. The highest BCUT2D eigenvalue weighted by molar-refractivity contribution is 6.15. The van der Waals surface area contributed by atoms with Gasteiger partial charge in [0, 0.05) is 27.4 Å². The molecule has 0 amide bonds. The first-order chi connectivity index (χ1) is 30.0. The van der Waals surface area contributed by atoms with Crippen LogP contribution in [0.15, 0.2) is 156 Å². The molecule has 0 atom stereocenters. The highest BCUT2D eigenvalue weighted by Crippen LogP contribution is 2.56. The van der Waals surface area contributed by atoms with E-state index in [0.29, 0.717) is 11.8 Å². The maximum Gasteiger partial charge on any atom is 0.159 e. The molecule has 61 heavy (non-hydrogen) atoms. The summed E-state index contributed by atoms with van der Waals surface area (Å²) in [6.45, 7) is 4.86. The van der Waals surface area contributed by atoms with Gasteiger partial charge in [-0.25, -0.2) is 0 Å². The maximum atomic E-state index is 7.33. The minimum Gasteiger partial charge on any atom is -0.454 e. The van der Waals surface area contributed by atoms with Gasteiger partial charge >= 0.3 is 0 Å². The van der Waals surface area contributed by atoms with E-state index in [0.717, 1.165) is 28.2 Å². The number of furan rings is 1. The molecular weight excluding hydrogens is 739 g/mol. The summed E-state index contributed by atoms with van der Waals surface area (Å²) >= 11 is 0. The van der Waals surface area contributed by atoms with Crippen molar-refractivity contribution in [2.45, 2.75) is 95.3 Å². The van der Waals surface area contributed by atoms with Crippen molar-refractivity contribution in [3.63, 3.8) is 0 Å². The summed E-state index contributed by atoms with van der Waals surface area (Å²) in [6.07, 6.45) is 12.9. The van der Waals surface area contributed by atoms with E-state index in [-0.39, 0.29) is 5.41 Å². The fraction of sp³-hybridized carbons (Fsp3) is 0.254. The van der Waals surface area contributed by atoms with Gasteiger partial charge in [0.05, 0.1) is 11.4 Å². The maximum absolute atomic E-state index is 7.33. The van der Waals surface area contributed by atoms with Gasteiger partial charge in [0.1, 0.15) is 5.58 Å². The van der Waals surface area contributed by atoms with E-state index >= 15 is 0 Å². The van der Waals surface area contributed by atoms with Crippen LogP contribution in [0.2, 0.25) is 0 Å². The standard InChI is InChI=1S/C59H53NO/c1-59(2)51-35-34-42(37-50(51)55-44(26-15-31-52(55)59)39-17-5-3-6-18-39)60(54-32-16-30-49-48-29-14-27-46(57(48)61-58(49)54)40-19-7-4-8-20-40)53-36-33-41-22-10-12-25-45(41)56(53)47-28-13-23-38-21-9-11-24-43(38)47/h9-16,21-37,39-40H,3-8,17-20H2,1-2H3. The van der Waals surface area contributed by atoms with Gasteiger partial charge in [0.2, 0.25) is 0 Å². The third-order valence-corrected chi connectivity index (χ3v) is 15.0. The number of para-hydroxylation sites is 2. The molecule has 2 heteroatoms. The Morgan fingerprint density at radius 3 is 1.84 bits per heavy atom. The second kappa shape index (κ2) is 14.5. The van der Waals surface area contributed by atoms with Crippen molar-refractivity contribution >= 4 is 60.5 Å². The van der Waals surface area contributed by atoms with Crippen LogP contribution in [0.4, 0.5) is 17.1 Å². The average molecular weight is 792 g/mol. The van der Waals surface area contributed by atoms with E-state index < -0.39 is 0 Å². The van der Waals surface area contributed by atoms with E-state index in [4.69, 9.17) is 4.42 Å². The first kappa shape index (κ1) is 36.7. The molecule has 300 valence electrons. The lowest BCUT2D eigenvalue weighted by molar-refractivity contribution is 0.442. The third kappa shape index (κ3) is 5.82. The Hall–Kier alpha value is -6.12. The first-order valence-electron chi connectivity index (χ1n) is 23.1. The third-order valence-electron chi connectivity index (χ3n) is 15.0. The summed E-state index contributed by atoms with van der Waals surface area (Å²) < 4.78 is 7.33. The summed E-state index contributed by atoms with van der Waals surface area (Å²) in [5, 5.41) is 7.36. The quantitative estimate of drug-likeness (QED) is 0.167. The van der Waals surface area contributed by atoms with Crippen LogP contribution in [0.25, 0.3) is 65.7 Å². The van der Waals surface area contributed by atoms with Gasteiger partial charge in [-0.15, -0.1) is 0 Å². The molecule has 1 aromatic heterocycles. The van der Waals surface area contributed by atoms with Crippen molar-refractivity contribution in [2.24, 2.45) is 0 Å². The molecule has 2 saturated carbocycles. The molecule has 0 N–H and O–H groups in total. The Morgan fingerprint density at radius 1 is 0.443 bits per heavy atom. The van der Waals surface area contributed by atoms with Crippen molar-refractivity contribution in [1.82, 2.24) is 0 Å². The van der Waals surface area contributed by atoms with E-state index in [1.807, 2.05) is 0 Å². The molecule has 12 rings (SSSR count). The lowest BCUT2D eigenvalue weighted by atomic mass is 9.78. The minimum atomic E-state index is -0.0932. The molecule has 0 unspecified atom stereocenters. The molecule has 0 bridgehead atoms. The fourth-order valence-corrected chi connectivity index (χ4v) is 12.0. The number of anilines is 3. The van der Waals surface area contributed by atoms with Crippen LogP contribution in [0, 0.1) is 0 Å². The second-order valence-corrected chi connectivity index (χ2v) is 18.8. The Bertz CT molecular complexity index is 3150. The number of rotatable bonds is 6. The van der Waals surface area contributed by atoms with Crippen molar-refractivity contribution < 1.29 is 4.42 Å². The summed E-state index contributed by atoms with van der Waals surface area (Å²) in [5.41, 5.74) is 16.4. The van der Waals surface area contributed by atoms with Gasteiger partial charge in [-0.1, -0.05) is 180 Å². The SMILES string of the molecule is CC1(C)c2ccc(N(c3ccc4ccccc4c3-c3cccc4ccccc34)c3cccc4c3oc3c(C5CCCCC5)cccc34)cc2-c2c(C3CCCCC3)cccc21. The van der Waals surface area contributed by atoms with Gasteiger partial charge in [-0.3, -0.25) is 0 Å². The molecule has 0 saturated heterocycles. The van der Waals surface area contributed by atoms with Crippen LogP contribution in [-0.4, -0.2) is 0 Å². The number of nitrogens with zero attached hydrogens (tertiary/aromatic N) is 1. The molecular formula is C59H53NO. The fourth-order valence-electron chi connectivity index (χ4n) is 12.0. The van der Waals surface area contributed by atoms with Crippen LogP contribution in [0.5, 0.6) is 0 Å². The smallest absolute Gasteiger partial charge is 0.159 e. The largest absolute Gasteiger partial charge is 0.454 e. The monoisotopic (exact) mass is 791 g/mol. The van der Waals surface area contributed by atoms with E-state index in [1.54, 1.807) is 5.56 Å². The molecule has 0 radical (unpaired) electrons. The zero-order valence-corrected chi connectivity index (χ0v) is 35.5. The van der Waals surface area contributed by atoms with Gasteiger partial charge in [-0.05, 0) is 122 Å². The van der Waals surface area contributed by atoms with Gasteiger partial charge in [0.25, 0.3) is 0 Å². The Labute approximate surface area is 359 Å². The molecule has 2 fully saturated rings. The molecule has 2 nitrogen and oxygen atoms in total. The minimum absolute atomic E-state index is 0.0932. The number of benzene rings is 8. The molecule has 1 heterocycles. The van der Waals surface area contributed by atoms with Crippen molar-refractivity contribution in [2.75, 3.05) is 4.90 Å². The topological polar surface area (TPSA) is 16.4 Å². The average Bonchev–Trinajstić information content (AvgIpc) is 3.82. The molecule has 8 aromatic carbocycles. The van der Waals surface area contributed by atoms with E-state index in [1.165, 1.54) is 135 Å². The van der Waals surface area contributed by atoms with Crippen molar-refractivity contribution in [3.8, 4) is 22.3 Å². The van der Waals surface area contributed by atoms with Crippen LogP contribution in [0.3, 0.4) is 0 Å². The molecule has 0 spiro atoms. The predicted octanol–water partition coefficient (Wildman–Crippen LogP) is 17.4. The van der Waals surface area contributed by atoms with Crippen LogP contribution in [-0.2, 0) is 5.41 Å². The summed E-state index contributed by atoms with van der Waals surface area (Å²) in [4.78, 5) is 2.54. The normalized spacial score (nSPS) is 16.7. The summed E-state index contributed by atoms with van der Waals surface area (Å²) in [6, 6.07) is 57.5. The van der Waals surface area contributed by atoms with Gasteiger partial charge < -0.3 is 9.32 Å². The molecule has 0 aliphatic heterocycles. The zero-order valence-electron chi connectivity index (χ0n) is 35.5. The summed E-state index contributed by atoms with van der Waals surface area (Å²) in [5.74, 6) is 1.14. The highest BCUT2D eigenvalue weighted by Gasteiger charge is 2.39. The van der Waals surface area contributed by atoms with E-state index in [2.05, 4.69) is 170 Å². The van der Waals surface area contributed by atoms with Crippen molar-refractivity contribution in [3.05, 3.63) is 174 Å². The van der Waals surface area contributed by atoms with Crippen LogP contribution in [0.1, 0.15) is 112 Å². The lowest BCUT2D eigenvalue weighted by Crippen LogP contribution is -2.16. The number of hydrogen-bond donors (Lipinski definition) is 0. The van der Waals surface area contributed by atoms with Crippen molar-refractivity contribution in [1.29, 1.82) is 0 Å². The van der Waals surface area contributed by atoms with Gasteiger partial charge in [0.15, 0.2) is 5.58 Å². The zero-order chi connectivity index (χ0) is 40.7. The first-order valence-corrected chi connectivity index (χ1v) is 23.1. The Balaban J connectivity index is 1.16. The highest BCUT2D eigenvalue weighted by atomic mass is 16.3. The Morgan fingerprint density at radius 2 is 1.05 bits per heavy atom. The lowest BCUT2D eigenvalue weighted by Gasteiger charge is -2.30. The van der Waals surface area contributed by atoms with Crippen LogP contribution < -0.4 is 4.90 Å². The predicted molar refractivity (Wildman–Crippen MR) is 258 cm³/mol. The molecule has 9 aromatic rings. The number of fused-ring (bicyclic) bond motifs is 8. The molecule has 3 aliphatic carbocycles. The number of hydrogen-bond acceptors (Lipinski definition) is 2. The van der Waals surface area contributed by atoms with Crippen LogP contribution >= 0.6 is 0 Å². The second-order valence-electron chi connectivity index (χ2n) is 18.8. The summed E-state index contributed by atoms with van der Waals surface area (Å²) in [7, 11) is 0. The van der Waals surface area contributed by atoms with E-state index in [9.17, 15) is 0 Å².